The molecule has 0 unspecified atom stereocenters. The van der Waals surface area contributed by atoms with Crippen molar-refractivity contribution in [3.8, 4) is 0 Å². The van der Waals surface area contributed by atoms with Crippen LogP contribution < -0.4 is 10.2 Å². The zero-order valence-electron chi connectivity index (χ0n) is 16.7. The average Bonchev–Trinajstić information content (AvgIpc) is 3.05. The van der Waals surface area contributed by atoms with Crippen molar-refractivity contribution in [1.29, 1.82) is 0 Å². The number of nitrogens with zero attached hydrogens (tertiary/aromatic N) is 1. The van der Waals surface area contributed by atoms with Crippen LogP contribution in [0, 0.1) is 11.8 Å². The summed E-state index contributed by atoms with van der Waals surface area (Å²) in [6.07, 6.45) is 4.87. The van der Waals surface area contributed by atoms with Crippen molar-refractivity contribution < 1.29 is 23.9 Å². The first-order valence-corrected chi connectivity index (χ1v) is 10.7. The number of hydrogen-bond acceptors (Lipinski definition) is 5. The number of nitrogens with one attached hydrogen (secondary N) is 1. The fourth-order valence-electron chi connectivity index (χ4n) is 3.83. The Morgan fingerprint density at radius 1 is 1.00 bits per heavy atom. The molecule has 3 amide bonds. The number of esters is 1. The van der Waals surface area contributed by atoms with Gasteiger partial charge in [0, 0.05) is 0 Å². The number of amides is 3. The Bertz CT molecular complexity index is 1120. The quantitative estimate of drug-likeness (QED) is 0.398. The first-order chi connectivity index (χ1) is 15.4. The topological polar surface area (TPSA) is 92.8 Å². The molecule has 0 aromatic heterocycles. The molecule has 32 heavy (non-hydrogen) atoms. The van der Waals surface area contributed by atoms with Crippen LogP contribution in [0.5, 0.6) is 0 Å². The molecule has 7 nitrogen and oxygen atoms in total. The lowest BCUT2D eigenvalue weighted by Gasteiger charge is -2.15. The lowest BCUT2D eigenvalue weighted by Crippen LogP contribution is -2.31. The first kappa shape index (κ1) is 22.0. The second-order valence-electron chi connectivity index (χ2n) is 7.44. The van der Waals surface area contributed by atoms with Crippen molar-refractivity contribution in [2.24, 2.45) is 11.8 Å². The van der Waals surface area contributed by atoms with E-state index < -0.39 is 18.5 Å². The molecule has 0 spiro atoms. The van der Waals surface area contributed by atoms with E-state index in [0.29, 0.717) is 24.2 Å². The van der Waals surface area contributed by atoms with Gasteiger partial charge < -0.3 is 10.1 Å². The number of imide groups is 1. The van der Waals surface area contributed by atoms with Crippen LogP contribution in [-0.2, 0) is 19.1 Å². The molecule has 4 rings (SSSR count). The van der Waals surface area contributed by atoms with Gasteiger partial charge >= 0.3 is 5.97 Å². The Balaban J connectivity index is 1.41. The van der Waals surface area contributed by atoms with Gasteiger partial charge in [0.2, 0.25) is 11.8 Å². The number of benzene rings is 2. The van der Waals surface area contributed by atoms with Gasteiger partial charge in [0.15, 0.2) is 6.61 Å². The van der Waals surface area contributed by atoms with Gasteiger partial charge in [0.25, 0.3) is 5.91 Å². The molecular weight excluding hydrogens is 455 g/mol. The number of anilines is 2. The van der Waals surface area contributed by atoms with Crippen LogP contribution >= 0.6 is 23.2 Å². The molecule has 9 heteroatoms. The van der Waals surface area contributed by atoms with Crippen LogP contribution in [0.2, 0.25) is 10.0 Å². The van der Waals surface area contributed by atoms with Gasteiger partial charge in [-0.2, -0.15) is 0 Å². The standard InChI is InChI=1S/C23H18Cl2N2O5/c24-17-9-4-10-18(20(17)25)26-19(28)12-32-23(31)13-5-3-6-14(11-13)27-21(29)15-7-1-2-8-16(15)22(27)30/h1-6,9-11,15-16H,7-8,12H2,(H,26,28)/t15-,16+. The number of fused-ring (bicyclic) bond motifs is 1. The molecule has 1 aliphatic carbocycles. The Morgan fingerprint density at radius 3 is 2.34 bits per heavy atom. The molecular formula is C23H18Cl2N2O5. The highest BCUT2D eigenvalue weighted by Gasteiger charge is 2.47. The number of hydrogen-bond donors (Lipinski definition) is 1. The Hall–Kier alpha value is -3.16. The van der Waals surface area contributed by atoms with Crippen LogP contribution in [0.15, 0.2) is 54.6 Å². The minimum atomic E-state index is -0.766. The zero-order valence-corrected chi connectivity index (χ0v) is 18.2. The fourth-order valence-corrected chi connectivity index (χ4v) is 4.18. The average molecular weight is 473 g/mol. The monoisotopic (exact) mass is 472 g/mol. The van der Waals surface area contributed by atoms with E-state index in [1.54, 1.807) is 30.3 Å². The third kappa shape index (κ3) is 4.26. The second kappa shape index (κ2) is 9.14. The molecule has 0 radical (unpaired) electrons. The van der Waals surface area contributed by atoms with E-state index in [-0.39, 0.29) is 39.3 Å². The van der Waals surface area contributed by atoms with Gasteiger partial charge in [0.05, 0.1) is 38.8 Å². The molecule has 2 aliphatic rings. The molecule has 2 aromatic carbocycles. The number of ether oxygens (including phenoxy) is 1. The summed E-state index contributed by atoms with van der Waals surface area (Å²) in [6, 6.07) is 10.8. The zero-order chi connectivity index (χ0) is 22.8. The Morgan fingerprint density at radius 2 is 1.66 bits per heavy atom. The summed E-state index contributed by atoms with van der Waals surface area (Å²) >= 11 is 11.9. The van der Waals surface area contributed by atoms with Crippen LogP contribution in [0.1, 0.15) is 23.2 Å². The number of rotatable bonds is 5. The Kier molecular flexibility index (Phi) is 6.30. The number of allylic oxidation sites excluding steroid dienone is 2. The second-order valence-corrected chi connectivity index (χ2v) is 8.23. The molecule has 0 bridgehead atoms. The summed E-state index contributed by atoms with van der Waals surface area (Å²) in [5.41, 5.74) is 0.716. The maximum atomic E-state index is 12.8. The molecule has 1 fully saturated rings. The van der Waals surface area contributed by atoms with Gasteiger partial charge in [-0.05, 0) is 43.2 Å². The van der Waals surface area contributed by atoms with E-state index in [9.17, 15) is 19.2 Å². The minimum Gasteiger partial charge on any atom is -0.452 e. The van der Waals surface area contributed by atoms with Crippen molar-refractivity contribution in [2.75, 3.05) is 16.8 Å². The molecule has 2 aromatic rings. The summed E-state index contributed by atoms with van der Waals surface area (Å²) in [5.74, 6) is -2.65. The predicted molar refractivity (Wildman–Crippen MR) is 120 cm³/mol. The first-order valence-electron chi connectivity index (χ1n) is 9.90. The van der Waals surface area contributed by atoms with Crippen LogP contribution in [0.3, 0.4) is 0 Å². The lowest BCUT2D eigenvalue weighted by molar-refractivity contribution is -0.122. The van der Waals surface area contributed by atoms with Crippen molar-refractivity contribution in [2.45, 2.75) is 12.8 Å². The number of carbonyl (C=O) groups is 4. The van der Waals surface area contributed by atoms with Crippen LogP contribution in [0.25, 0.3) is 0 Å². The molecule has 1 saturated heterocycles. The van der Waals surface area contributed by atoms with Crippen molar-refractivity contribution in [3.05, 3.63) is 70.2 Å². The largest absolute Gasteiger partial charge is 0.452 e. The highest BCUT2D eigenvalue weighted by atomic mass is 35.5. The smallest absolute Gasteiger partial charge is 0.338 e. The molecule has 1 aliphatic heterocycles. The maximum Gasteiger partial charge on any atom is 0.338 e. The van der Waals surface area contributed by atoms with Crippen LogP contribution in [0.4, 0.5) is 11.4 Å². The normalized spacial score (nSPS) is 19.6. The van der Waals surface area contributed by atoms with Gasteiger partial charge in [-0.25, -0.2) is 4.79 Å². The lowest BCUT2D eigenvalue weighted by atomic mass is 9.85. The molecule has 1 N–H and O–H groups in total. The van der Waals surface area contributed by atoms with Gasteiger partial charge in [-0.1, -0.05) is 47.5 Å². The van der Waals surface area contributed by atoms with Gasteiger partial charge in [0.1, 0.15) is 0 Å². The summed E-state index contributed by atoms with van der Waals surface area (Å²) < 4.78 is 5.07. The third-order valence-corrected chi connectivity index (χ3v) is 6.23. The number of carbonyl (C=O) groups excluding carboxylic acids is 4. The summed E-state index contributed by atoms with van der Waals surface area (Å²) in [5, 5.41) is 2.97. The molecule has 0 saturated carbocycles. The maximum absolute atomic E-state index is 12.8. The minimum absolute atomic E-state index is 0.115. The molecule has 164 valence electrons. The highest BCUT2D eigenvalue weighted by molar-refractivity contribution is 6.44. The van der Waals surface area contributed by atoms with Crippen molar-refractivity contribution in [3.63, 3.8) is 0 Å². The summed E-state index contributed by atoms with van der Waals surface area (Å²) in [4.78, 5) is 51.2. The van der Waals surface area contributed by atoms with E-state index in [2.05, 4.69) is 5.32 Å². The van der Waals surface area contributed by atoms with Gasteiger partial charge in [-0.3, -0.25) is 19.3 Å². The molecule has 2 atom stereocenters. The van der Waals surface area contributed by atoms with E-state index in [0.717, 1.165) is 4.90 Å². The van der Waals surface area contributed by atoms with Crippen molar-refractivity contribution >= 4 is 58.3 Å². The van der Waals surface area contributed by atoms with Gasteiger partial charge in [-0.15, -0.1) is 0 Å². The van der Waals surface area contributed by atoms with E-state index >= 15 is 0 Å². The van der Waals surface area contributed by atoms with Crippen molar-refractivity contribution in [1.82, 2.24) is 0 Å². The molecule has 1 heterocycles. The third-order valence-electron chi connectivity index (χ3n) is 5.41. The number of halogens is 2. The van der Waals surface area contributed by atoms with E-state index in [1.807, 2.05) is 12.2 Å². The van der Waals surface area contributed by atoms with E-state index in [4.69, 9.17) is 27.9 Å². The summed E-state index contributed by atoms with van der Waals surface area (Å²) in [7, 11) is 0. The summed E-state index contributed by atoms with van der Waals surface area (Å²) in [6.45, 7) is -0.552. The van der Waals surface area contributed by atoms with E-state index in [1.165, 1.54) is 12.1 Å². The fraction of sp³-hybridized carbons (Fsp3) is 0.217. The Labute approximate surface area is 193 Å². The SMILES string of the molecule is O=C(COC(=O)c1cccc(N2C(=O)[C@H]3CC=CC[C@H]3C2=O)c1)Nc1cccc(Cl)c1Cl. The van der Waals surface area contributed by atoms with Crippen LogP contribution in [-0.4, -0.2) is 30.3 Å². The highest BCUT2D eigenvalue weighted by Crippen LogP contribution is 2.37. The predicted octanol–water partition coefficient (Wildman–Crippen LogP) is 4.24.